The van der Waals surface area contributed by atoms with Crippen molar-refractivity contribution in [1.29, 1.82) is 0 Å². The zero-order valence-corrected chi connectivity index (χ0v) is 17.2. The summed E-state index contributed by atoms with van der Waals surface area (Å²) in [5.41, 5.74) is 2.40. The van der Waals surface area contributed by atoms with Crippen LogP contribution in [0.2, 0.25) is 0 Å². The van der Waals surface area contributed by atoms with Crippen molar-refractivity contribution in [1.82, 2.24) is 10.2 Å². The SMILES string of the molecule is [2H]C1(N(C(=O)[C@H](C)N[C@@H](CCc2ccccc2)C(=O)O)C([2H])([2H])C(=O)O)Cc2ccccc2C1. The number of carboxylic acid groups (broad SMARTS) is 2. The number of aliphatic carboxylic acids is 2. The standard InChI is InChI=1S/C24H28N2O5/c1-16(25-21(24(30)31)12-11-17-7-3-2-4-8-17)23(29)26(15-22(27)28)20-13-18-9-5-6-10-19(18)14-20/h2-10,16,20-21,25H,11-15H2,1H3,(H,27,28)(H,30,31)/t16-,21-/m0/s1/i15D2,20D. The lowest BCUT2D eigenvalue weighted by molar-refractivity contribution is -0.148. The van der Waals surface area contributed by atoms with E-state index in [1.165, 1.54) is 6.92 Å². The molecule has 3 N–H and O–H groups in total. The molecule has 0 spiro atoms. The molecule has 7 heteroatoms. The minimum absolute atomic E-state index is 0.0369. The number of nitrogens with one attached hydrogen (secondary N) is 1. The molecule has 0 heterocycles. The Morgan fingerprint density at radius 1 is 1.10 bits per heavy atom. The Balaban J connectivity index is 1.82. The molecule has 1 amide bonds. The van der Waals surface area contributed by atoms with Crippen molar-refractivity contribution < 1.29 is 28.7 Å². The Morgan fingerprint density at radius 2 is 1.68 bits per heavy atom. The third-order valence-corrected chi connectivity index (χ3v) is 5.34. The average Bonchev–Trinajstić information content (AvgIpc) is 3.12. The molecule has 1 aliphatic carbocycles. The fourth-order valence-corrected chi connectivity index (χ4v) is 3.75. The monoisotopic (exact) mass is 427 g/mol. The first kappa shape index (κ1) is 18.6. The minimum atomic E-state index is -3.17. The fraction of sp³-hybridized carbons (Fsp3) is 0.375. The lowest BCUT2D eigenvalue weighted by atomic mass is 10.0. The number of carboxylic acids is 2. The van der Waals surface area contributed by atoms with Gasteiger partial charge in [0, 0.05) is 6.02 Å². The van der Waals surface area contributed by atoms with Gasteiger partial charge in [0.25, 0.3) is 0 Å². The molecule has 1 aliphatic rings. The summed E-state index contributed by atoms with van der Waals surface area (Å²) in [7, 11) is 0. The van der Waals surface area contributed by atoms with Crippen molar-refractivity contribution >= 4 is 17.8 Å². The summed E-state index contributed by atoms with van der Waals surface area (Å²) in [4.78, 5) is 37.5. The van der Waals surface area contributed by atoms with E-state index in [9.17, 15) is 24.6 Å². The lowest BCUT2D eigenvalue weighted by Crippen LogP contribution is -2.54. The third-order valence-electron chi connectivity index (χ3n) is 5.34. The Bertz CT molecular complexity index is 1040. The Hall–Kier alpha value is -3.19. The van der Waals surface area contributed by atoms with Crippen molar-refractivity contribution in [3.8, 4) is 0 Å². The van der Waals surface area contributed by atoms with Crippen molar-refractivity contribution in [2.75, 3.05) is 6.50 Å². The predicted molar refractivity (Wildman–Crippen MR) is 116 cm³/mol. The van der Waals surface area contributed by atoms with Crippen LogP contribution in [-0.2, 0) is 33.6 Å². The maximum Gasteiger partial charge on any atom is 0.323 e. The molecule has 0 radical (unpaired) electrons. The molecule has 0 aromatic heterocycles. The van der Waals surface area contributed by atoms with E-state index in [-0.39, 0.29) is 19.3 Å². The summed E-state index contributed by atoms with van der Waals surface area (Å²) in [6.45, 7) is -1.81. The molecule has 31 heavy (non-hydrogen) atoms. The van der Waals surface area contributed by atoms with Crippen molar-refractivity contribution in [2.45, 2.75) is 50.7 Å². The number of rotatable bonds is 10. The minimum Gasteiger partial charge on any atom is -0.480 e. The molecule has 3 rings (SSSR count). The van der Waals surface area contributed by atoms with Crippen LogP contribution in [0.5, 0.6) is 0 Å². The van der Waals surface area contributed by atoms with E-state index in [0.717, 1.165) is 16.7 Å². The summed E-state index contributed by atoms with van der Waals surface area (Å²) < 4.78 is 25.2. The molecule has 2 aromatic rings. The first-order valence-electron chi connectivity index (χ1n) is 11.6. The first-order chi connectivity index (χ1) is 16.0. The van der Waals surface area contributed by atoms with Gasteiger partial charge in [-0.05, 0) is 49.3 Å². The van der Waals surface area contributed by atoms with E-state index in [0.29, 0.717) is 11.3 Å². The van der Waals surface area contributed by atoms with Crippen molar-refractivity contribution in [3.63, 3.8) is 0 Å². The van der Waals surface area contributed by atoms with Crippen LogP contribution < -0.4 is 5.32 Å². The number of nitrogens with zero attached hydrogens (tertiary/aromatic N) is 1. The average molecular weight is 428 g/mol. The largest absolute Gasteiger partial charge is 0.480 e. The van der Waals surface area contributed by atoms with Gasteiger partial charge in [-0.15, -0.1) is 0 Å². The van der Waals surface area contributed by atoms with Gasteiger partial charge in [0.2, 0.25) is 5.91 Å². The normalized spacial score (nSPS) is 18.0. The van der Waals surface area contributed by atoms with E-state index in [1.807, 2.05) is 30.3 Å². The molecule has 0 aliphatic heterocycles. The highest BCUT2D eigenvalue weighted by Gasteiger charge is 2.34. The van der Waals surface area contributed by atoms with Gasteiger partial charge < -0.3 is 15.1 Å². The smallest absolute Gasteiger partial charge is 0.323 e. The van der Waals surface area contributed by atoms with Crippen LogP contribution in [-0.4, -0.2) is 57.6 Å². The number of amides is 1. The van der Waals surface area contributed by atoms with Crippen LogP contribution in [0, 0.1) is 0 Å². The molecule has 7 nitrogen and oxygen atoms in total. The van der Waals surface area contributed by atoms with Gasteiger partial charge in [0.1, 0.15) is 12.5 Å². The predicted octanol–water partition coefficient (Wildman–Crippen LogP) is 2.13. The van der Waals surface area contributed by atoms with Gasteiger partial charge in [0.05, 0.1) is 10.2 Å². The van der Waals surface area contributed by atoms with Crippen molar-refractivity contribution in [3.05, 3.63) is 71.3 Å². The van der Waals surface area contributed by atoms with E-state index in [1.54, 1.807) is 24.3 Å². The van der Waals surface area contributed by atoms with Gasteiger partial charge >= 0.3 is 11.9 Å². The zero-order chi connectivity index (χ0) is 25.1. The maximum atomic E-state index is 13.4. The quantitative estimate of drug-likeness (QED) is 0.536. The van der Waals surface area contributed by atoms with Crippen LogP contribution in [0.3, 0.4) is 0 Å². The topological polar surface area (TPSA) is 107 Å². The van der Waals surface area contributed by atoms with E-state index < -0.39 is 42.4 Å². The number of benzene rings is 2. The summed E-state index contributed by atoms with van der Waals surface area (Å²) in [6.07, 6.45) is 0.527. The Morgan fingerprint density at radius 3 is 2.23 bits per heavy atom. The number of carbonyl (C=O) groups is 3. The molecule has 164 valence electrons. The first-order valence-corrected chi connectivity index (χ1v) is 10.1. The highest BCUT2D eigenvalue weighted by atomic mass is 16.4. The Kier molecular flexibility index (Phi) is 6.12. The van der Waals surface area contributed by atoms with Gasteiger partial charge in [-0.1, -0.05) is 54.6 Å². The van der Waals surface area contributed by atoms with E-state index in [2.05, 4.69) is 5.32 Å². The molecule has 0 bridgehead atoms. The summed E-state index contributed by atoms with van der Waals surface area (Å²) in [6, 6.07) is 12.0. The molecule has 0 saturated heterocycles. The van der Waals surface area contributed by atoms with Crippen LogP contribution >= 0.6 is 0 Å². The summed E-state index contributed by atoms with van der Waals surface area (Å²) in [5, 5.41) is 21.9. The summed E-state index contributed by atoms with van der Waals surface area (Å²) >= 11 is 0. The number of aryl methyl sites for hydroxylation is 1. The van der Waals surface area contributed by atoms with Crippen molar-refractivity contribution in [2.24, 2.45) is 0 Å². The molecule has 0 fully saturated rings. The van der Waals surface area contributed by atoms with Crippen LogP contribution in [0.4, 0.5) is 0 Å². The lowest BCUT2D eigenvalue weighted by Gasteiger charge is -2.31. The highest BCUT2D eigenvalue weighted by Crippen LogP contribution is 2.26. The number of hydrogen-bond acceptors (Lipinski definition) is 4. The van der Waals surface area contributed by atoms with Gasteiger partial charge in [0.15, 0.2) is 0 Å². The molecule has 2 atom stereocenters. The second kappa shape index (κ2) is 10.2. The highest BCUT2D eigenvalue weighted by molar-refractivity contribution is 5.86. The van der Waals surface area contributed by atoms with E-state index >= 15 is 0 Å². The molecule has 0 unspecified atom stereocenters. The second-order valence-electron chi connectivity index (χ2n) is 7.58. The zero-order valence-electron chi connectivity index (χ0n) is 20.2. The van der Waals surface area contributed by atoms with Gasteiger partial charge in [-0.2, -0.15) is 0 Å². The fourth-order valence-electron chi connectivity index (χ4n) is 3.75. The van der Waals surface area contributed by atoms with Crippen LogP contribution in [0.1, 0.15) is 34.1 Å². The number of hydrogen-bond donors (Lipinski definition) is 3. The number of carbonyl (C=O) groups excluding carboxylic acids is 1. The molecular formula is C24H28N2O5. The van der Waals surface area contributed by atoms with Gasteiger partial charge in [-0.3, -0.25) is 19.7 Å². The van der Waals surface area contributed by atoms with E-state index in [4.69, 9.17) is 4.11 Å². The molecular weight excluding hydrogens is 396 g/mol. The van der Waals surface area contributed by atoms with Gasteiger partial charge in [-0.25, -0.2) is 0 Å². The Labute approximate surface area is 185 Å². The van der Waals surface area contributed by atoms with Crippen LogP contribution in [0.15, 0.2) is 54.6 Å². The molecule has 0 saturated carbocycles. The van der Waals surface area contributed by atoms with Crippen LogP contribution in [0.25, 0.3) is 0 Å². The molecule has 2 aromatic carbocycles. The third kappa shape index (κ3) is 5.92. The maximum absolute atomic E-state index is 13.4. The second-order valence-corrected chi connectivity index (χ2v) is 7.58. The summed E-state index contributed by atoms with van der Waals surface area (Å²) in [5.74, 6) is -4.06. The number of fused-ring (bicyclic) bond motifs is 1.